The molecule has 0 fully saturated rings. The van der Waals surface area contributed by atoms with Crippen molar-refractivity contribution in [3.63, 3.8) is 0 Å². The van der Waals surface area contributed by atoms with Crippen LogP contribution in [0.25, 0.3) is 76.5 Å². The zero-order valence-electron chi connectivity index (χ0n) is 31.9. The first kappa shape index (κ1) is 31.7. The van der Waals surface area contributed by atoms with E-state index in [1.807, 2.05) is 6.07 Å². The van der Waals surface area contributed by atoms with Crippen molar-refractivity contribution < 1.29 is 4.42 Å². The van der Waals surface area contributed by atoms with Crippen LogP contribution in [0.15, 0.2) is 168 Å². The molecule has 2 aliphatic rings. The molecule has 12 rings (SSSR count). The van der Waals surface area contributed by atoms with E-state index >= 15 is 0 Å². The molecule has 266 valence electrons. The van der Waals surface area contributed by atoms with Crippen molar-refractivity contribution in [2.75, 3.05) is 4.90 Å². The number of furan rings is 1. The highest BCUT2D eigenvalue weighted by Crippen LogP contribution is 2.55. The number of anilines is 3. The molecule has 10 aromatic rings. The fourth-order valence-corrected chi connectivity index (χ4v) is 10.5. The van der Waals surface area contributed by atoms with Gasteiger partial charge in [0.15, 0.2) is 0 Å². The fourth-order valence-electron chi connectivity index (χ4n) is 10.5. The Morgan fingerprint density at radius 1 is 0.357 bits per heavy atom. The van der Waals surface area contributed by atoms with E-state index in [-0.39, 0.29) is 10.8 Å². The first-order valence-electron chi connectivity index (χ1n) is 19.8. The summed E-state index contributed by atoms with van der Waals surface area (Å²) in [4.78, 5) is 2.45. The predicted molar refractivity (Wildman–Crippen MR) is 236 cm³/mol. The van der Waals surface area contributed by atoms with Crippen LogP contribution in [0.4, 0.5) is 17.1 Å². The second-order valence-corrected chi connectivity index (χ2v) is 16.9. The Balaban J connectivity index is 1.03. The second kappa shape index (κ2) is 11.0. The topological polar surface area (TPSA) is 16.4 Å². The molecule has 56 heavy (non-hydrogen) atoms. The molecule has 0 aliphatic heterocycles. The molecule has 0 saturated heterocycles. The summed E-state index contributed by atoms with van der Waals surface area (Å²) in [5, 5.41) is 10.0. The number of hydrogen-bond acceptors (Lipinski definition) is 2. The summed E-state index contributed by atoms with van der Waals surface area (Å²) in [5.41, 5.74) is 15.7. The van der Waals surface area contributed by atoms with Gasteiger partial charge in [0.25, 0.3) is 0 Å². The van der Waals surface area contributed by atoms with Gasteiger partial charge in [0.2, 0.25) is 0 Å². The van der Waals surface area contributed by atoms with Crippen LogP contribution in [0.5, 0.6) is 0 Å². The van der Waals surface area contributed by atoms with Crippen molar-refractivity contribution in [3.8, 4) is 22.3 Å². The summed E-state index contributed by atoms with van der Waals surface area (Å²) in [6.07, 6.45) is 0. The minimum atomic E-state index is -0.197. The number of nitrogens with zero attached hydrogens (tertiary/aromatic N) is 1. The summed E-state index contributed by atoms with van der Waals surface area (Å²) in [7, 11) is 0. The summed E-state index contributed by atoms with van der Waals surface area (Å²) in [5.74, 6) is 0. The molecule has 2 aliphatic carbocycles. The van der Waals surface area contributed by atoms with Crippen LogP contribution in [0.3, 0.4) is 0 Å². The molecule has 2 nitrogen and oxygen atoms in total. The van der Waals surface area contributed by atoms with Gasteiger partial charge in [0, 0.05) is 38.7 Å². The third-order valence-corrected chi connectivity index (χ3v) is 13.1. The molecule has 0 atom stereocenters. The standard InChI is InChI=1S/C54H39NO/c1-53(2)47-29-38(22-26-41(47)45-31-50-46(30-48(45)53)42-15-9-10-16-49(42)56-50)55(36-20-17-32-11-5-6-13-34(32)27-36)37-21-25-40-35(28-37)19-24-44-43-23-18-33-12-7-8-14-39(33)51(43)54(3,4)52(40)44/h5-31H,1-4H3. The molecule has 0 spiro atoms. The lowest BCUT2D eigenvalue weighted by atomic mass is 9.78. The molecular formula is C54H39NO. The van der Waals surface area contributed by atoms with Crippen LogP contribution < -0.4 is 4.90 Å². The van der Waals surface area contributed by atoms with Crippen molar-refractivity contribution in [3.05, 3.63) is 186 Å². The van der Waals surface area contributed by atoms with Crippen molar-refractivity contribution in [1.29, 1.82) is 0 Å². The van der Waals surface area contributed by atoms with E-state index < -0.39 is 0 Å². The van der Waals surface area contributed by atoms with Gasteiger partial charge in [-0.15, -0.1) is 0 Å². The molecule has 0 N–H and O–H groups in total. The summed E-state index contributed by atoms with van der Waals surface area (Å²) >= 11 is 0. The highest BCUT2D eigenvalue weighted by molar-refractivity contribution is 6.08. The van der Waals surface area contributed by atoms with Crippen LogP contribution in [-0.4, -0.2) is 0 Å². The van der Waals surface area contributed by atoms with Crippen LogP contribution >= 0.6 is 0 Å². The quantitative estimate of drug-likeness (QED) is 0.181. The third-order valence-electron chi connectivity index (χ3n) is 13.1. The van der Waals surface area contributed by atoms with Gasteiger partial charge in [-0.05, 0) is 131 Å². The SMILES string of the molecule is CC1(C)c2cc(N(c3ccc4ccccc4c3)c3ccc4c5c(ccc4c3)-c3ccc4ccccc4c3C5(C)C)ccc2-c2cc3oc4ccccc4c3cc21. The largest absolute Gasteiger partial charge is 0.456 e. The first-order valence-corrected chi connectivity index (χ1v) is 19.8. The van der Waals surface area contributed by atoms with Gasteiger partial charge in [-0.25, -0.2) is 0 Å². The van der Waals surface area contributed by atoms with E-state index in [1.54, 1.807) is 0 Å². The van der Waals surface area contributed by atoms with Crippen molar-refractivity contribution in [1.82, 2.24) is 0 Å². The van der Waals surface area contributed by atoms with E-state index in [0.717, 1.165) is 28.2 Å². The molecule has 1 heterocycles. The third kappa shape index (κ3) is 4.22. The Labute approximate surface area is 326 Å². The molecular weight excluding hydrogens is 679 g/mol. The van der Waals surface area contributed by atoms with E-state index in [9.17, 15) is 0 Å². The minimum Gasteiger partial charge on any atom is -0.456 e. The van der Waals surface area contributed by atoms with Crippen LogP contribution in [0.1, 0.15) is 49.9 Å². The lowest BCUT2D eigenvalue weighted by molar-refractivity contribution is 0.658. The lowest BCUT2D eigenvalue weighted by Gasteiger charge is -2.29. The number of benzene rings is 9. The minimum absolute atomic E-state index is 0.140. The lowest BCUT2D eigenvalue weighted by Crippen LogP contribution is -2.17. The van der Waals surface area contributed by atoms with Crippen LogP contribution in [0.2, 0.25) is 0 Å². The fraction of sp³-hybridized carbons (Fsp3) is 0.111. The van der Waals surface area contributed by atoms with Crippen LogP contribution in [-0.2, 0) is 10.8 Å². The molecule has 9 aromatic carbocycles. The zero-order chi connectivity index (χ0) is 37.5. The Kier molecular flexibility index (Phi) is 6.22. The number of hydrogen-bond donors (Lipinski definition) is 0. The molecule has 2 heteroatoms. The molecule has 0 radical (unpaired) electrons. The highest BCUT2D eigenvalue weighted by atomic mass is 16.3. The van der Waals surface area contributed by atoms with E-state index in [1.165, 1.54) is 87.6 Å². The summed E-state index contributed by atoms with van der Waals surface area (Å²) in [6.45, 7) is 9.55. The number of para-hydroxylation sites is 1. The molecule has 1 aromatic heterocycles. The molecule has 0 amide bonds. The summed E-state index contributed by atoms with van der Waals surface area (Å²) < 4.78 is 6.38. The number of rotatable bonds is 3. The average Bonchev–Trinajstić information content (AvgIpc) is 3.79. The zero-order valence-corrected chi connectivity index (χ0v) is 31.9. The predicted octanol–water partition coefficient (Wildman–Crippen LogP) is 15.1. The van der Waals surface area contributed by atoms with Gasteiger partial charge < -0.3 is 9.32 Å². The molecule has 0 unspecified atom stereocenters. The van der Waals surface area contributed by atoms with Crippen molar-refractivity contribution in [2.45, 2.75) is 38.5 Å². The van der Waals surface area contributed by atoms with E-state index in [0.29, 0.717) is 0 Å². The normalized spacial score (nSPS) is 14.7. The van der Waals surface area contributed by atoms with Gasteiger partial charge in [0.05, 0.1) is 0 Å². The Hall–Kier alpha value is -6.64. The Morgan fingerprint density at radius 3 is 1.71 bits per heavy atom. The number of fused-ring (bicyclic) bond motifs is 14. The maximum absolute atomic E-state index is 6.38. The Morgan fingerprint density at radius 2 is 0.911 bits per heavy atom. The van der Waals surface area contributed by atoms with E-state index in [2.05, 4.69) is 190 Å². The van der Waals surface area contributed by atoms with Gasteiger partial charge in [0.1, 0.15) is 11.2 Å². The maximum Gasteiger partial charge on any atom is 0.136 e. The second-order valence-electron chi connectivity index (χ2n) is 16.9. The van der Waals surface area contributed by atoms with Crippen molar-refractivity contribution in [2.24, 2.45) is 0 Å². The highest BCUT2D eigenvalue weighted by Gasteiger charge is 2.39. The van der Waals surface area contributed by atoms with Gasteiger partial charge >= 0.3 is 0 Å². The smallest absolute Gasteiger partial charge is 0.136 e. The van der Waals surface area contributed by atoms with Crippen molar-refractivity contribution >= 4 is 71.3 Å². The van der Waals surface area contributed by atoms with Crippen LogP contribution in [0, 0.1) is 0 Å². The van der Waals surface area contributed by atoms with E-state index in [4.69, 9.17) is 4.42 Å². The summed E-state index contributed by atoms with van der Waals surface area (Å²) in [6, 6.07) is 60.9. The van der Waals surface area contributed by atoms with Gasteiger partial charge in [-0.3, -0.25) is 0 Å². The van der Waals surface area contributed by atoms with Gasteiger partial charge in [-0.2, -0.15) is 0 Å². The van der Waals surface area contributed by atoms with Gasteiger partial charge in [-0.1, -0.05) is 137 Å². The monoisotopic (exact) mass is 717 g/mol. The molecule has 0 saturated carbocycles. The molecule has 0 bridgehead atoms. The first-order chi connectivity index (χ1) is 27.3. The maximum atomic E-state index is 6.38. The average molecular weight is 718 g/mol. The Bertz CT molecular complexity index is 3320.